The molecule has 0 unspecified atom stereocenters. The van der Waals surface area contributed by atoms with E-state index in [1.54, 1.807) is 0 Å². The van der Waals surface area contributed by atoms with Crippen molar-refractivity contribution < 1.29 is 14.1 Å². The fraction of sp³-hybridized carbons (Fsp3) is 0.308. The fourth-order valence-electron chi connectivity index (χ4n) is 2.02. The van der Waals surface area contributed by atoms with Crippen LogP contribution in [0.3, 0.4) is 0 Å². The maximum Gasteiger partial charge on any atom is 0.246 e. The Labute approximate surface area is 115 Å². The van der Waals surface area contributed by atoms with Crippen molar-refractivity contribution in [1.29, 1.82) is 0 Å². The van der Waals surface area contributed by atoms with Crippen molar-refractivity contribution in [3.05, 3.63) is 29.7 Å². The zero-order valence-corrected chi connectivity index (χ0v) is 10.8. The van der Waals surface area contributed by atoms with Crippen LogP contribution in [0.5, 0.6) is 5.75 Å². The summed E-state index contributed by atoms with van der Waals surface area (Å²) >= 11 is 0. The van der Waals surface area contributed by atoms with Gasteiger partial charge in [0.15, 0.2) is 0 Å². The van der Waals surface area contributed by atoms with Crippen molar-refractivity contribution in [2.75, 3.05) is 13.2 Å². The number of fused-ring (bicyclic) bond motifs is 1. The summed E-state index contributed by atoms with van der Waals surface area (Å²) in [5.74, 6) is 1.49. The van der Waals surface area contributed by atoms with E-state index in [9.17, 15) is 4.79 Å². The summed E-state index contributed by atoms with van der Waals surface area (Å²) in [4.78, 5) is 15.3. The predicted molar refractivity (Wildman–Crippen MR) is 69.8 cm³/mol. The third kappa shape index (κ3) is 2.48. The first-order valence-corrected chi connectivity index (χ1v) is 6.31. The zero-order valence-electron chi connectivity index (χ0n) is 10.8. The molecule has 104 valence electrons. The summed E-state index contributed by atoms with van der Waals surface area (Å²) in [6, 6.07) is 5.79. The van der Waals surface area contributed by atoms with Crippen LogP contribution >= 0.6 is 0 Å². The fourth-order valence-corrected chi connectivity index (χ4v) is 2.02. The molecule has 0 bridgehead atoms. The van der Waals surface area contributed by atoms with Crippen molar-refractivity contribution >= 4 is 5.91 Å². The molecule has 1 aromatic heterocycles. The summed E-state index contributed by atoms with van der Waals surface area (Å²) in [5.41, 5.74) is 7.21. The number of benzene rings is 1. The third-order valence-electron chi connectivity index (χ3n) is 3.04. The lowest BCUT2D eigenvalue weighted by molar-refractivity contribution is -0.120. The minimum Gasteiger partial charge on any atom is -0.493 e. The monoisotopic (exact) mass is 274 g/mol. The highest BCUT2D eigenvalue weighted by atomic mass is 16.5. The number of aromatic nitrogens is 2. The molecule has 20 heavy (non-hydrogen) atoms. The second-order valence-electron chi connectivity index (χ2n) is 4.41. The van der Waals surface area contributed by atoms with Crippen molar-refractivity contribution in [3.8, 4) is 17.1 Å². The average molecular weight is 274 g/mol. The molecule has 0 saturated heterocycles. The van der Waals surface area contributed by atoms with Crippen molar-refractivity contribution in [2.45, 2.75) is 13.0 Å². The van der Waals surface area contributed by atoms with Gasteiger partial charge in [-0.25, -0.2) is 0 Å². The van der Waals surface area contributed by atoms with E-state index in [0.29, 0.717) is 18.3 Å². The first kappa shape index (κ1) is 12.6. The van der Waals surface area contributed by atoms with Crippen molar-refractivity contribution in [3.63, 3.8) is 0 Å². The lowest BCUT2D eigenvalue weighted by Crippen LogP contribution is -2.29. The molecular weight excluding hydrogens is 260 g/mol. The van der Waals surface area contributed by atoms with E-state index in [1.807, 2.05) is 18.2 Å². The van der Waals surface area contributed by atoms with E-state index >= 15 is 0 Å². The smallest absolute Gasteiger partial charge is 0.246 e. The average Bonchev–Trinajstić information content (AvgIpc) is 3.12. The van der Waals surface area contributed by atoms with Gasteiger partial charge in [-0.1, -0.05) is 5.16 Å². The standard InChI is InChI=1S/C13H14N4O3/c14-6-11(18)15-7-12-16-13(17-20-12)9-1-2-10-8(5-9)3-4-19-10/h1-2,5H,3-4,6-7,14H2,(H,15,18). The quantitative estimate of drug-likeness (QED) is 0.828. The Kier molecular flexibility index (Phi) is 3.34. The van der Waals surface area contributed by atoms with E-state index in [-0.39, 0.29) is 19.0 Å². The molecule has 7 heteroatoms. The molecule has 0 aliphatic carbocycles. The summed E-state index contributed by atoms with van der Waals surface area (Å²) in [7, 11) is 0. The van der Waals surface area contributed by atoms with Crippen LogP contribution in [-0.2, 0) is 17.8 Å². The van der Waals surface area contributed by atoms with Crippen LogP contribution in [0.15, 0.2) is 22.7 Å². The van der Waals surface area contributed by atoms with Gasteiger partial charge in [-0.3, -0.25) is 4.79 Å². The Bertz CT molecular complexity index is 638. The van der Waals surface area contributed by atoms with Crippen molar-refractivity contribution in [1.82, 2.24) is 15.5 Å². The SMILES string of the molecule is NCC(=O)NCc1nc(-c2ccc3c(c2)CCO3)no1. The second-order valence-corrected chi connectivity index (χ2v) is 4.41. The van der Waals surface area contributed by atoms with Crippen LogP contribution in [0.2, 0.25) is 0 Å². The second kappa shape index (κ2) is 5.30. The normalized spacial score (nSPS) is 12.8. The van der Waals surface area contributed by atoms with E-state index in [0.717, 1.165) is 23.3 Å². The third-order valence-corrected chi connectivity index (χ3v) is 3.04. The molecule has 1 aliphatic heterocycles. The van der Waals surface area contributed by atoms with E-state index in [4.69, 9.17) is 15.0 Å². The number of amides is 1. The number of rotatable bonds is 4. The highest BCUT2D eigenvalue weighted by Crippen LogP contribution is 2.29. The summed E-state index contributed by atoms with van der Waals surface area (Å²) in [6.07, 6.45) is 0.889. The highest BCUT2D eigenvalue weighted by molar-refractivity contribution is 5.77. The van der Waals surface area contributed by atoms with E-state index in [2.05, 4.69) is 15.5 Å². The number of nitrogens with one attached hydrogen (secondary N) is 1. The lowest BCUT2D eigenvalue weighted by Gasteiger charge is -1.99. The van der Waals surface area contributed by atoms with Gasteiger partial charge in [-0.2, -0.15) is 4.98 Å². The highest BCUT2D eigenvalue weighted by Gasteiger charge is 2.15. The number of carbonyl (C=O) groups is 1. The number of nitrogens with zero attached hydrogens (tertiary/aromatic N) is 2. The molecular formula is C13H14N4O3. The number of hydrogen-bond acceptors (Lipinski definition) is 6. The number of ether oxygens (including phenoxy) is 1. The first-order chi connectivity index (χ1) is 9.76. The van der Waals surface area contributed by atoms with Gasteiger partial charge >= 0.3 is 0 Å². The molecule has 3 rings (SSSR count). The Morgan fingerprint density at radius 2 is 2.35 bits per heavy atom. The maximum absolute atomic E-state index is 11.0. The van der Waals surface area contributed by atoms with Crippen LogP contribution in [0.25, 0.3) is 11.4 Å². The summed E-state index contributed by atoms with van der Waals surface area (Å²) in [6.45, 7) is 0.824. The molecule has 1 amide bonds. The van der Waals surface area contributed by atoms with Crippen LogP contribution in [-0.4, -0.2) is 29.2 Å². The van der Waals surface area contributed by atoms with Crippen molar-refractivity contribution in [2.24, 2.45) is 5.73 Å². The largest absolute Gasteiger partial charge is 0.493 e. The van der Waals surface area contributed by atoms with Gasteiger partial charge in [0.25, 0.3) is 0 Å². The van der Waals surface area contributed by atoms with Crippen LogP contribution < -0.4 is 15.8 Å². The van der Waals surface area contributed by atoms with Gasteiger partial charge in [-0.15, -0.1) is 0 Å². The summed E-state index contributed by atoms with van der Waals surface area (Å²) < 4.78 is 10.5. The molecule has 3 N–H and O–H groups in total. The minimum atomic E-state index is -0.264. The van der Waals surface area contributed by atoms with Gasteiger partial charge in [0.2, 0.25) is 17.6 Å². The van der Waals surface area contributed by atoms with Gasteiger partial charge in [0.05, 0.1) is 19.7 Å². The molecule has 2 aromatic rings. The number of nitrogens with two attached hydrogens (primary N) is 1. The Balaban J connectivity index is 1.74. The van der Waals surface area contributed by atoms with Crippen LogP contribution in [0, 0.1) is 0 Å². The molecule has 2 heterocycles. The van der Waals surface area contributed by atoms with Crippen LogP contribution in [0.4, 0.5) is 0 Å². The predicted octanol–water partition coefficient (Wildman–Crippen LogP) is 0.246. The molecule has 1 aliphatic rings. The van der Waals surface area contributed by atoms with Gasteiger partial charge < -0.3 is 20.3 Å². The van der Waals surface area contributed by atoms with Gasteiger partial charge in [-0.05, 0) is 23.8 Å². The van der Waals surface area contributed by atoms with E-state index < -0.39 is 0 Å². The number of hydrogen-bond donors (Lipinski definition) is 2. The molecule has 7 nitrogen and oxygen atoms in total. The molecule has 0 atom stereocenters. The van der Waals surface area contributed by atoms with Gasteiger partial charge in [0.1, 0.15) is 5.75 Å². The minimum absolute atomic E-state index is 0.0637. The topological polar surface area (TPSA) is 103 Å². The Hall–Kier alpha value is -2.41. The molecule has 0 radical (unpaired) electrons. The van der Waals surface area contributed by atoms with E-state index in [1.165, 1.54) is 0 Å². The zero-order chi connectivity index (χ0) is 13.9. The number of carbonyl (C=O) groups excluding carboxylic acids is 1. The molecule has 0 spiro atoms. The van der Waals surface area contributed by atoms with Gasteiger partial charge in [0, 0.05) is 12.0 Å². The molecule has 0 fully saturated rings. The molecule has 1 aromatic carbocycles. The first-order valence-electron chi connectivity index (χ1n) is 6.31. The lowest BCUT2D eigenvalue weighted by atomic mass is 10.1. The van der Waals surface area contributed by atoms with Crippen LogP contribution in [0.1, 0.15) is 11.5 Å². The Morgan fingerprint density at radius 1 is 1.45 bits per heavy atom. The summed E-state index contributed by atoms with van der Waals surface area (Å²) in [5, 5.41) is 6.48. The molecule has 0 saturated carbocycles. The Morgan fingerprint density at radius 3 is 3.20 bits per heavy atom. The maximum atomic E-state index is 11.0.